The van der Waals surface area contributed by atoms with Crippen molar-refractivity contribution in [1.29, 1.82) is 0 Å². The second-order valence-corrected chi connectivity index (χ2v) is 6.87. The van der Waals surface area contributed by atoms with E-state index < -0.39 is 0 Å². The van der Waals surface area contributed by atoms with Gasteiger partial charge in [0.1, 0.15) is 11.6 Å². The van der Waals surface area contributed by atoms with Gasteiger partial charge in [-0.05, 0) is 18.9 Å². The van der Waals surface area contributed by atoms with Crippen LogP contribution in [0, 0.1) is 0 Å². The molecule has 0 unspecified atom stereocenters. The molecule has 0 spiro atoms. The van der Waals surface area contributed by atoms with Crippen LogP contribution < -0.4 is 0 Å². The summed E-state index contributed by atoms with van der Waals surface area (Å²) in [5.41, 5.74) is 0.607. The minimum Gasteiger partial charge on any atom is -0.381 e. The lowest BCUT2D eigenvalue weighted by molar-refractivity contribution is -0.137. The highest BCUT2D eigenvalue weighted by Gasteiger charge is 2.23. The zero-order valence-corrected chi connectivity index (χ0v) is 16.4. The first-order valence-corrected chi connectivity index (χ1v) is 9.71. The molecule has 0 N–H and O–H groups in total. The molecule has 156 valence electrons. The average molecular weight is 402 g/mol. The van der Waals surface area contributed by atoms with E-state index in [1.807, 2.05) is 0 Å². The van der Waals surface area contributed by atoms with Crippen molar-refractivity contribution in [3.05, 3.63) is 36.6 Å². The monoisotopic (exact) mass is 402 g/mol. The molecular weight excluding hydrogens is 376 g/mol. The number of Topliss-reactive ketones (excluding diaryl/α,β-unsaturated/α-hetero) is 2. The Bertz CT molecular complexity index is 654. The summed E-state index contributed by atoms with van der Waals surface area (Å²) in [7, 11) is 0. The molecule has 0 aromatic carbocycles. The van der Waals surface area contributed by atoms with E-state index in [0.29, 0.717) is 57.6 Å². The maximum Gasteiger partial charge on any atom is 0.253 e. The third kappa shape index (κ3) is 7.23. The highest BCUT2D eigenvalue weighted by atomic mass is 16.5. The fourth-order valence-corrected chi connectivity index (χ4v) is 2.96. The van der Waals surface area contributed by atoms with E-state index in [1.165, 1.54) is 23.1 Å². The number of ketones is 2. The van der Waals surface area contributed by atoms with Crippen LogP contribution in [0.3, 0.4) is 0 Å². The molecule has 0 aromatic rings. The highest BCUT2D eigenvalue weighted by molar-refractivity contribution is 6.13. The quantitative estimate of drug-likeness (QED) is 0.321. The van der Waals surface area contributed by atoms with Crippen LogP contribution in [0.1, 0.15) is 38.5 Å². The summed E-state index contributed by atoms with van der Waals surface area (Å²) in [6, 6.07) is 0. The van der Waals surface area contributed by atoms with Gasteiger partial charge in [0.25, 0.3) is 17.7 Å². The van der Waals surface area contributed by atoms with Gasteiger partial charge in [0.2, 0.25) is 0 Å². The predicted octanol–water partition coefficient (Wildman–Crippen LogP) is 1.32. The molecule has 8 nitrogen and oxygen atoms in total. The van der Waals surface area contributed by atoms with Crippen molar-refractivity contribution in [3.8, 4) is 0 Å². The Kier molecular flexibility index (Phi) is 8.67. The van der Waals surface area contributed by atoms with Crippen LogP contribution in [0.15, 0.2) is 36.6 Å². The van der Waals surface area contributed by atoms with Crippen LogP contribution in [0.2, 0.25) is 0 Å². The summed E-state index contributed by atoms with van der Waals surface area (Å²) in [5, 5.41) is 0. The largest absolute Gasteiger partial charge is 0.381 e. The van der Waals surface area contributed by atoms with Crippen molar-refractivity contribution in [2.75, 3.05) is 26.3 Å². The van der Waals surface area contributed by atoms with Crippen molar-refractivity contribution < 1.29 is 28.7 Å². The third-order valence-corrected chi connectivity index (χ3v) is 4.65. The molecule has 2 heterocycles. The molecule has 2 rings (SSSR count). The van der Waals surface area contributed by atoms with E-state index >= 15 is 0 Å². The molecule has 0 aliphatic carbocycles. The number of hydrogen-bond donors (Lipinski definition) is 0. The highest BCUT2D eigenvalue weighted by Crippen LogP contribution is 2.13. The van der Waals surface area contributed by atoms with Crippen LogP contribution >= 0.6 is 0 Å². The predicted molar refractivity (Wildman–Crippen MR) is 104 cm³/mol. The van der Waals surface area contributed by atoms with Crippen molar-refractivity contribution in [2.45, 2.75) is 38.5 Å². The molecule has 8 heteroatoms. The van der Waals surface area contributed by atoms with E-state index in [4.69, 9.17) is 4.74 Å². The van der Waals surface area contributed by atoms with Crippen LogP contribution in [-0.4, -0.2) is 65.4 Å². The Labute approximate surface area is 169 Å². The minimum atomic E-state index is -0.380. The van der Waals surface area contributed by atoms with Gasteiger partial charge in [0, 0.05) is 75.9 Å². The lowest BCUT2D eigenvalue weighted by Crippen LogP contribution is -2.32. The van der Waals surface area contributed by atoms with Gasteiger partial charge >= 0.3 is 0 Å². The number of amides is 3. The second kappa shape index (κ2) is 11.2. The molecule has 0 saturated heterocycles. The standard InChI is InChI=1S/C21H26N2O6/c1-16-6-7-19(26)22(16)12-10-17(24)4-2-14-29-15-3-5-18(25)11-13-23-20(27)8-9-21(23)28/h6-9H,1-5,10-15H2. The summed E-state index contributed by atoms with van der Waals surface area (Å²) in [6.45, 7) is 5.04. The lowest BCUT2D eigenvalue weighted by Gasteiger charge is -2.16. The molecule has 0 radical (unpaired) electrons. The second-order valence-electron chi connectivity index (χ2n) is 6.87. The topological polar surface area (TPSA) is 101 Å². The first-order chi connectivity index (χ1) is 13.9. The van der Waals surface area contributed by atoms with Crippen LogP contribution in [-0.2, 0) is 28.7 Å². The molecule has 29 heavy (non-hydrogen) atoms. The lowest BCUT2D eigenvalue weighted by atomic mass is 10.1. The van der Waals surface area contributed by atoms with Gasteiger partial charge in [0.15, 0.2) is 0 Å². The maximum absolute atomic E-state index is 11.9. The Hall–Kier alpha value is -2.87. The first kappa shape index (κ1) is 22.4. The molecule has 0 saturated carbocycles. The fourth-order valence-electron chi connectivity index (χ4n) is 2.96. The molecule has 0 aromatic heterocycles. The number of imide groups is 1. The molecule has 0 bridgehead atoms. The fraction of sp³-hybridized carbons (Fsp3) is 0.476. The normalized spacial score (nSPS) is 15.9. The van der Waals surface area contributed by atoms with Crippen molar-refractivity contribution >= 4 is 29.3 Å². The Morgan fingerprint density at radius 1 is 0.724 bits per heavy atom. The number of carbonyl (C=O) groups excluding carboxylic acids is 5. The molecule has 2 aliphatic rings. The maximum atomic E-state index is 11.9. The summed E-state index contributed by atoms with van der Waals surface area (Å²) < 4.78 is 5.44. The summed E-state index contributed by atoms with van der Waals surface area (Å²) >= 11 is 0. The average Bonchev–Trinajstić information content (AvgIpc) is 3.18. The van der Waals surface area contributed by atoms with Crippen molar-refractivity contribution in [3.63, 3.8) is 0 Å². The van der Waals surface area contributed by atoms with Crippen LogP contribution in [0.25, 0.3) is 0 Å². The smallest absolute Gasteiger partial charge is 0.253 e. The number of allylic oxidation sites excluding steroid dienone is 1. The van der Waals surface area contributed by atoms with E-state index in [0.717, 1.165) is 4.90 Å². The zero-order chi connectivity index (χ0) is 21.2. The summed E-state index contributed by atoms with van der Waals surface area (Å²) in [6.07, 6.45) is 7.76. The molecule has 2 aliphatic heterocycles. The number of carbonyl (C=O) groups is 5. The van der Waals surface area contributed by atoms with Gasteiger partial charge in [-0.25, -0.2) is 0 Å². The SMILES string of the molecule is C=C1C=CC(=O)N1CCC(=O)CCCOCCCC(=O)CCN1C(=O)C=CC1=O. The van der Waals surface area contributed by atoms with Gasteiger partial charge in [-0.1, -0.05) is 6.58 Å². The van der Waals surface area contributed by atoms with Crippen LogP contribution in [0.5, 0.6) is 0 Å². The molecule has 0 atom stereocenters. The van der Waals surface area contributed by atoms with Gasteiger partial charge in [-0.3, -0.25) is 28.9 Å². The number of hydrogen-bond acceptors (Lipinski definition) is 6. The van der Waals surface area contributed by atoms with E-state index in [9.17, 15) is 24.0 Å². The van der Waals surface area contributed by atoms with Crippen molar-refractivity contribution in [1.82, 2.24) is 9.80 Å². The van der Waals surface area contributed by atoms with Gasteiger partial charge in [-0.15, -0.1) is 0 Å². The van der Waals surface area contributed by atoms with E-state index in [1.54, 1.807) is 6.08 Å². The Morgan fingerprint density at radius 2 is 1.17 bits per heavy atom. The van der Waals surface area contributed by atoms with Crippen LogP contribution in [0.4, 0.5) is 0 Å². The number of nitrogens with zero attached hydrogens (tertiary/aromatic N) is 2. The molecule has 0 fully saturated rings. The Morgan fingerprint density at radius 3 is 1.66 bits per heavy atom. The molecule has 3 amide bonds. The number of rotatable bonds is 14. The van der Waals surface area contributed by atoms with E-state index in [2.05, 4.69) is 6.58 Å². The number of ether oxygens (including phenoxy) is 1. The van der Waals surface area contributed by atoms with Gasteiger partial charge in [-0.2, -0.15) is 0 Å². The zero-order valence-electron chi connectivity index (χ0n) is 16.4. The summed E-state index contributed by atoms with van der Waals surface area (Å²) in [5.74, 6) is -0.861. The third-order valence-electron chi connectivity index (χ3n) is 4.65. The molecular formula is C21H26N2O6. The minimum absolute atomic E-state index is 0.0242. The van der Waals surface area contributed by atoms with Crippen molar-refractivity contribution in [2.24, 2.45) is 0 Å². The van der Waals surface area contributed by atoms with Gasteiger partial charge < -0.3 is 9.64 Å². The first-order valence-electron chi connectivity index (χ1n) is 9.71. The summed E-state index contributed by atoms with van der Waals surface area (Å²) in [4.78, 5) is 60.5. The Balaban J connectivity index is 1.43. The van der Waals surface area contributed by atoms with Gasteiger partial charge in [0.05, 0.1) is 0 Å². The van der Waals surface area contributed by atoms with E-state index in [-0.39, 0.29) is 42.3 Å².